The Kier molecular flexibility index (Phi) is 3.83. The number of carbonyl (C=O) groups excluding carboxylic acids is 1. The van der Waals surface area contributed by atoms with Crippen molar-refractivity contribution in [2.45, 2.75) is 6.54 Å². The van der Waals surface area contributed by atoms with Crippen LogP contribution in [0, 0.1) is 0 Å². The van der Waals surface area contributed by atoms with Gasteiger partial charge in [-0.3, -0.25) is 4.79 Å². The molecule has 5 nitrogen and oxygen atoms in total. The number of nitrogens with zero attached hydrogens (tertiary/aromatic N) is 2. The highest BCUT2D eigenvalue weighted by Crippen LogP contribution is 2.30. The number of amides is 1. The Morgan fingerprint density at radius 1 is 1.61 bits per heavy atom. The third-order valence-electron chi connectivity index (χ3n) is 2.50. The van der Waals surface area contributed by atoms with E-state index < -0.39 is 0 Å². The van der Waals surface area contributed by atoms with Gasteiger partial charge < -0.3 is 16.0 Å². The van der Waals surface area contributed by atoms with Gasteiger partial charge in [0, 0.05) is 20.6 Å². The Labute approximate surface area is 113 Å². The van der Waals surface area contributed by atoms with E-state index in [1.807, 2.05) is 17.3 Å². The van der Waals surface area contributed by atoms with E-state index in [2.05, 4.69) is 21.1 Å². The largest absolute Gasteiger partial charge is 0.382 e. The maximum Gasteiger partial charge on any atom is 0.257 e. The predicted octanol–water partition coefficient (Wildman–Crippen LogP) is 1.78. The van der Waals surface area contributed by atoms with E-state index in [0.29, 0.717) is 5.56 Å². The second kappa shape index (κ2) is 5.36. The van der Waals surface area contributed by atoms with Crippen molar-refractivity contribution in [3.63, 3.8) is 0 Å². The summed E-state index contributed by atoms with van der Waals surface area (Å²) in [5, 5.41) is 7.49. The number of hydrogen-bond donors (Lipinski definition) is 2. The molecule has 0 bridgehead atoms. The lowest BCUT2D eigenvalue weighted by Crippen LogP contribution is -2.23. The van der Waals surface area contributed by atoms with Gasteiger partial charge in [0.1, 0.15) is 10.6 Å². The molecule has 0 unspecified atom stereocenters. The number of rotatable bonds is 4. The maximum atomic E-state index is 11.8. The Morgan fingerprint density at radius 2 is 2.39 bits per heavy atom. The van der Waals surface area contributed by atoms with Crippen molar-refractivity contribution in [2.75, 3.05) is 24.7 Å². The number of hydrogen-bond acceptors (Lipinski definition) is 6. The van der Waals surface area contributed by atoms with Crippen LogP contribution < -0.4 is 16.0 Å². The van der Waals surface area contributed by atoms with Gasteiger partial charge >= 0.3 is 0 Å². The molecule has 2 heterocycles. The van der Waals surface area contributed by atoms with Gasteiger partial charge in [-0.1, -0.05) is 0 Å². The van der Waals surface area contributed by atoms with E-state index in [1.54, 1.807) is 18.4 Å². The summed E-state index contributed by atoms with van der Waals surface area (Å²) in [7, 11) is 3.51. The number of anilines is 2. The Balaban J connectivity index is 2.25. The molecule has 1 amide bonds. The zero-order valence-electron chi connectivity index (χ0n) is 10.1. The molecule has 96 valence electrons. The molecule has 0 aliphatic carbocycles. The molecule has 0 radical (unpaired) electrons. The quantitative estimate of drug-likeness (QED) is 0.896. The minimum atomic E-state index is -0.201. The topological polar surface area (TPSA) is 71.2 Å². The van der Waals surface area contributed by atoms with Crippen LogP contribution in [0.25, 0.3) is 0 Å². The van der Waals surface area contributed by atoms with Gasteiger partial charge in [-0.15, -0.1) is 0 Å². The van der Waals surface area contributed by atoms with E-state index >= 15 is 0 Å². The maximum absolute atomic E-state index is 11.8. The highest BCUT2D eigenvalue weighted by Gasteiger charge is 2.21. The van der Waals surface area contributed by atoms with Crippen LogP contribution in [0.15, 0.2) is 16.8 Å². The summed E-state index contributed by atoms with van der Waals surface area (Å²) in [6.45, 7) is 0.731. The summed E-state index contributed by atoms with van der Waals surface area (Å²) in [6, 6.07) is 2.06. The molecular weight excluding hydrogens is 268 g/mol. The molecular formula is C11H14N4OS2. The van der Waals surface area contributed by atoms with E-state index in [4.69, 9.17) is 5.73 Å². The summed E-state index contributed by atoms with van der Waals surface area (Å²) in [4.78, 5) is 13.8. The number of carbonyl (C=O) groups is 1. The highest BCUT2D eigenvalue weighted by atomic mass is 32.1. The van der Waals surface area contributed by atoms with Gasteiger partial charge in [0.2, 0.25) is 0 Å². The standard InChI is InChI=1S/C11H14N4OS2/c1-13-10(16)8-9(12)14-18-11(8)15(2)5-7-3-4-17-6-7/h3-4,6H,5H2,1-2H3,(H2,12,14)(H,13,16). The van der Waals surface area contributed by atoms with Crippen molar-refractivity contribution in [1.29, 1.82) is 0 Å². The number of nitrogens with one attached hydrogen (secondary N) is 1. The first-order valence-corrected chi connectivity index (χ1v) is 7.04. The van der Waals surface area contributed by atoms with E-state index in [9.17, 15) is 4.79 Å². The van der Waals surface area contributed by atoms with Crippen LogP contribution in [0.1, 0.15) is 15.9 Å². The molecule has 0 aliphatic heterocycles. The lowest BCUT2D eigenvalue weighted by atomic mass is 10.2. The number of nitrogen functional groups attached to an aromatic ring is 1. The van der Waals surface area contributed by atoms with Crippen LogP contribution in [0.5, 0.6) is 0 Å². The minimum absolute atomic E-state index is 0.201. The van der Waals surface area contributed by atoms with Crippen molar-refractivity contribution in [1.82, 2.24) is 9.69 Å². The SMILES string of the molecule is CNC(=O)c1c(N)nsc1N(C)Cc1ccsc1. The first kappa shape index (κ1) is 12.8. The van der Waals surface area contributed by atoms with Gasteiger partial charge in [0.25, 0.3) is 5.91 Å². The summed E-state index contributed by atoms with van der Waals surface area (Å²) in [5.74, 6) is 0.0833. The normalized spacial score (nSPS) is 10.3. The monoisotopic (exact) mass is 282 g/mol. The number of thiophene rings is 1. The van der Waals surface area contributed by atoms with Crippen LogP contribution in [0.3, 0.4) is 0 Å². The smallest absolute Gasteiger partial charge is 0.257 e. The summed E-state index contributed by atoms with van der Waals surface area (Å²) >= 11 is 2.90. The van der Waals surface area contributed by atoms with Crippen LogP contribution in [-0.4, -0.2) is 24.4 Å². The van der Waals surface area contributed by atoms with Gasteiger partial charge in [-0.25, -0.2) is 0 Å². The van der Waals surface area contributed by atoms with Gasteiger partial charge in [0.15, 0.2) is 5.82 Å². The molecule has 0 atom stereocenters. The van der Waals surface area contributed by atoms with Crippen LogP contribution in [-0.2, 0) is 6.54 Å². The predicted molar refractivity (Wildman–Crippen MR) is 76.3 cm³/mol. The lowest BCUT2D eigenvalue weighted by molar-refractivity contribution is 0.0964. The minimum Gasteiger partial charge on any atom is -0.382 e. The fourth-order valence-corrected chi connectivity index (χ4v) is 3.05. The van der Waals surface area contributed by atoms with Crippen molar-refractivity contribution < 1.29 is 4.79 Å². The molecule has 0 spiro atoms. The van der Waals surface area contributed by atoms with Crippen molar-refractivity contribution >= 4 is 39.6 Å². The fraction of sp³-hybridized carbons (Fsp3) is 0.273. The molecule has 3 N–H and O–H groups in total. The average molecular weight is 282 g/mol. The molecule has 0 aromatic carbocycles. The summed E-state index contributed by atoms with van der Waals surface area (Å²) in [5.41, 5.74) is 7.41. The summed E-state index contributed by atoms with van der Waals surface area (Å²) < 4.78 is 4.06. The second-order valence-corrected chi connectivity index (χ2v) is 5.35. The van der Waals surface area contributed by atoms with Crippen LogP contribution >= 0.6 is 22.9 Å². The van der Waals surface area contributed by atoms with E-state index in [1.165, 1.54) is 17.1 Å². The zero-order valence-corrected chi connectivity index (χ0v) is 11.8. The van der Waals surface area contributed by atoms with Crippen LogP contribution in [0.4, 0.5) is 10.8 Å². The van der Waals surface area contributed by atoms with E-state index in [-0.39, 0.29) is 11.7 Å². The van der Waals surface area contributed by atoms with Crippen molar-refractivity contribution in [3.05, 3.63) is 28.0 Å². The summed E-state index contributed by atoms with van der Waals surface area (Å²) in [6.07, 6.45) is 0. The molecule has 7 heteroatoms. The van der Waals surface area contributed by atoms with Gasteiger partial charge in [-0.2, -0.15) is 15.7 Å². The lowest BCUT2D eigenvalue weighted by Gasteiger charge is -2.17. The molecule has 2 aromatic rings. The Morgan fingerprint density at radius 3 is 3.00 bits per heavy atom. The van der Waals surface area contributed by atoms with Crippen LogP contribution in [0.2, 0.25) is 0 Å². The Hall–Kier alpha value is -1.60. The van der Waals surface area contributed by atoms with Crippen molar-refractivity contribution in [3.8, 4) is 0 Å². The van der Waals surface area contributed by atoms with Gasteiger partial charge in [-0.05, 0) is 33.9 Å². The Bertz CT molecular complexity index is 535. The third kappa shape index (κ3) is 2.46. The van der Waals surface area contributed by atoms with Gasteiger partial charge in [0.05, 0.1) is 0 Å². The number of aromatic nitrogens is 1. The molecule has 18 heavy (non-hydrogen) atoms. The van der Waals surface area contributed by atoms with E-state index in [0.717, 1.165) is 11.5 Å². The molecule has 0 saturated carbocycles. The molecule has 2 rings (SSSR count). The highest BCUT2D eigenvalue weighted by molar-refractivity contribution is 7.11. The molecule has 0 aliphatic rings. The second-order valence-electron chi connectivity index (χ2n) is 3.81. The first-order chi connectivity index (χ1) is 8.63. The van der Waals surface area contributed by atoms with Crippen molar-refractivity contribution in [2.24, 2.45) is 0 Å². The molecule has 2 aromatic heterocycles. The molecule has 0 fully saturated rings. The zero-order chi connectivity index (χ0) is 13.1. The fourth-order valence-electron chi connectivity index (χ4n) is 1.62. The number of nitrogens with two attached hydrogens (primary N) is 1. The first-order valence-electron chi connectivity index (χ1n) is 5.33. The average Bonchev–Trinajstić information content (AvgIpc) is 2.97. The third-order valence-corrected chi connectivity index (χ3v) is 4.21. The molecule has 0 saturated heterocycles.